The molecule has 0 saturated heterocycles. The largest absolute Gasteiger partial charge is 0.466 e. The lowest BCUT2D eigenvalue weighted by Gasteiger charge is -2.32. The summed E-state index contributed by atoms with van der Waals surface area (Å²) in [6, 6.07) is 25.7. The van der Waals surface area contributed by atoms with E-state index in [1.54, 1.807) is 0 Å². The van der Waals surface area contributed by atoms with Gasteiger partial charge < -0.3 is 14.4 Å². The quantitative estimate of drug-likeness (QED) is 0.0697. The molecule has 0 bridgehead atoms. The van der Waals surface area contributed by atoms with E-state index in [1.165, 1.54) is 44.1 Å². The van der Waals surface area contributed by atoms with E-state index in [0.717, 1.165) is 56.5 Å². The van der Waals surface area contributed by atoms with Gasteiger partial charge in [0.05, 0.1) is 18.6 Å². The molecule has 6 heteroatoms. The number of nitrogens with zero attached hydrogens (tertiary/aromatic N) is 2. The summed E-state index contributed by atoms with van der Waals surface area (Å²) in [5.41, 5.74) is 6.63. The van der Waals surface area contributed by atoms with Crippen LogP contribution in [0.4, 0.5) is 11.4 Å². The Morgan fingerprint density at radius 2 is 1.42 bits per heavy atom. The normalized spacial score (nSPS) is 17.2. The van der Waals surface area contributed by atoms with Crippen molar-refractivity contribution in [2.45, 2.75) is 110 Å². The minimum Gasteiger partial charge on any atom is -0.466 e. The molecular weight excluding hydrogens is 657 g/mol. The maximum absolute atomic E-state index is 13.8. The van der Waals surface area contributed by atoms with Crippen LogP contribution in [0.1, 0.15) is 105 Å². The van der Waals surface area contributed by atoms with Crippen molar-refractivity contribution in [1.29, 1.82) is 0 Å². The molecule has 4 aromatic rings. The van der Waals surface area contributed by atoms with Gasteiger partial charge in [0.15, 0.2) is 5.71 Å². The van der Waals surface area contributed by atoms with Crippen molar-refractivity contribution in [1.82, 2.24) is 0 Å². The van der Waals surface area contributed by atoms with Crippen LogP contribution in [0.25, 0.3) is 21.5 Å². The number of carbonyl (C=O) groups excluding carboxylic acids is 2. The van der Waals surface area contributed by atoms with Crippen LogP contribution in [-0.4, -0.2) is 48.0 Å². The molecule has 0 radical (unpaired) electrons. The van der Waals surface area contributed by atoms with Crippen molar-refractivity contribution >= 4 is 50.6 Å². The molecule has 0 aromatic heterocycles. The molecule has 2 aliphatic heterocycles. The van der Waals surface area contributed by atoms with Crippen molar-refractivity contribution in [2.24, 2.45) is 0 Å². The molecule has 0 spiro atoms. The van der Waals surface area contributed by atoms with Crippen LogP contribution in [-0.2, 0) is 29.9 Å². The van der Waals surface area contributed by atoms with Gasteiger partial charge in [-0.25, -0.2) is 4.79 Å². The van der Waals surface area contributed by atoms with Gasteiger partial charge in [0, 0.05) is 47.3 Å². The van der Waals surface area contributed by atoms with Gasteiger partial charge in [-0.2, -0.15) is 4.58 Å². The summed E-state index contributed by atoms with van der Waals surface area (Å²) in [6.07, 6.45) is 12.6. The third-order valence-corrected chi connectivity index (χ3v) is 11.2. The molecule has 0 saturated carbocycles. The molecule has 53 heavy (non-hydrogen) atoms. The molecule has 2 aliphatic rings. The van der Waals surface area contributed by atoms with Gasteiger partial charge in [0.25, 0.3) is 0 Å². The van der Waals surface area contributed by atoms with Crippen LogP contribution in [0.15, 0.2) is 96.7 Å². The summed E-state index contributed by atoms with van der Waals surface area (Å²) in [7, 11) is 0. The number of allylic oxidation sites excluding steroid dienone is 4. The van der Waals surface area contributed by atoms with Crippen LogP contribution in [0.2, 0.25) is 0 Å². The smallest absolute Gasteiger partial charge is 0.329 e. The van der Waals surface area contributed by atoms with Gasteiger partial charge in [0.1, 0.15) is 12.6 Å². The second-order valence-electron chi connectivity index (χ2n) is 15.5. The van der Waals surface area contributed by atoms with E-state index < -0.39 is 6.04 Å². The number of benzene rings is 4. The second kappa shape index (κ2) is 16.1. The zero-order valence-corrected chi connectivity index (χ0v) is 32.8. The standard InChI is InChI=1S/C47H57N2O4/c1-8-11-24-39(45(51)53-10-3)49-38-31-29-34-21-15-17-23-36(34)44(38)47(6,7)41(49)26-19-25-40-46(4,5)43-35-22-16-14-20-33(35)28-30-37(43)48(40)32-18-12-13-27-42(50)52-9-2/h14-17,19-23,25-26,28-31,39H,8-13,18,24,27,32H2,1-7H3/q+1. The van der Waals surface area contributed by atoms with E-state index in [0.29, 0.717) is 19.6 Å². The number of anilines is 1. The molecule has 0 N–H and O–H groups in total. The summed E-state index contributed by atoms with van der Waals surface area (Å²) in [6.45, 7) is 16.8. The maximum Gasteiger partial charge on any atom is 0.329 e. The molecule has 6 rings (SSSR count). The van der Waals surface area contributed by atoms with E-state index in [2.05, 4.69) is 135 Å². The van der Waals surface area contributed by atoms with Gasteiger partial charge in [-0.3, -0.25) is 4.79 Å². The van der Waals surface area contributed by atoms with Crippen LogP contribution in [0, 0.1) is 0 Å². The first-order valence-corrected chi connectivity index (χ1v) is 19.8. The molecule has 4 aromatic carbocycles. The van der Waals surface area contributed by atoms with Crippen LogP contribution in [0.3, 0.4) is 0 Å². The first kappa shape index (κ1) is 38.0. The third kappa shape index (κ3) is 7.30. The fourth-order valence-corrected chi connectivity index (χ4v) is 8.75. The highest BCUT2D eigenvalue weighted by molar-refractivity contribution is 6.08. The Kier molecular flexibility index (Phi) is 11.6. The summed E-state index contributed by atoms with van der Waals surface area (Å²) >= 11 is 0. The van der Waals surface area contributed by atoms with E-state index in [1.807, 2.05) is 13.8 Å². The Bertz CT molecular complexity index is 2090. The predicted molar refractivity (Wildman–Crippen MR) is 218 cm³/mol. The third-order valence-electron chi connectivity index (χ3n) is 11.2. The van der Waals surface area contributed by atoms with E-state index >= 15 is 0 Å². The van der Waals surface area contributed by atoms with Crippen LogP contribution in [0.5, 0.6) is 0 Å². The molecule has 6 nitrogen and oxygen atoms in total. The fraction of sp³-hybridized carbons (Fsp3) is 0.426. The number of hydrogen-bond acceptors (Lipinski definition) is 5. The Balaban J connectivity index is 1.44. The highest BCUT2D eigenvalue weighted by Gasteiger charge is 2.47. The zero-order valence-electron chi connectivity index (χ0n) is 32.8. The molecule has 0 amide bonds. The molecule has 278 valence electrons. The SMILES string of the molecule is CCCCC(C(=O)OCC)N1/C(=C\C=C\C2=[N+](CCCCCC(=O)OCC)c3ccc4ccccc4c3C2(C)C)C(C)(C)c2c1ccc1ccccc21. The minimum atomic E-state index is -0.423. The Morgan fingerprint density at radius 3 is 2.09 bits per heavy atom. The monoisotopic (exact) mass is 713 g/mol. The summed E-state index contributed by atoms with van der Waals surface area (Å²) in [5.74, 6) is -0.288. The number of ether oxygens (including phenoxy) is 2. The van der Waals surface area contributed by atoms with Gasteiger partial charge in [0.2, 0.25) is 5.69 Å². The Hall–Kier alpha value is -4.71. The maximum atomic E-state index is 13.8. The minimum absolute atomic E-state index is 0.117. The second-order valence-corrected chi connectivity index (χ2v) is 15.5. The lowest BCUT2D eigenvalue weighted by atomic mass is 9.79. The van der Waals surface area contributed by atoms with Crippen molar-refractivity contribution in [3.63, 3.8) is 0 Å². The number of fused-ring (bicyclic) bond motifs is 6. The zero-order chi connectivity index (χ0) is 37.8. The first-order chi connectivity index (χ1) is 25.6. The van der Waals surface area contributed by atoms with Crippen LogP contribution < -0.4 is 4.90 Å². The summed E-state index contributed by atoms with van der Waals surface area (Å²) in [4.78, 5) is 28.1. The average molecular weight is 714 g/mol. The summed E-state index contributed by atoms with van der Waals surface area (Å²) in [5, 5.41) is 4.94. The highest BCUT2D eigenvalue weighted by Crippen LogP contribution is 2.52. The number of esters is 2. The number of rotatable bonds is 15. The van der Waals surface area contributed by atoms with Crippen molar-refractivity contribution in [3.05, 3.63) is 108 Å². The number of carbonyl (C=O) groups is 2. The predicted octanol–water partition coefficient (Wildman–Crippen LogP) is 10.9. The number of unbranched alkanes of at least 4 members (excludes halogenated alkanes) is 3. The van der Waals surface area contributed by atoms with Gasteiger partial charge >= 0.3 is 11.9 Å². The molecule has 0 fully saturated rings. The average Bonchev–Trinajstić information content (AvgIpc) is 3.50. The highest BCUT2D eigenvalue weighted by atomic mass is 16.5. The fourth-order valence-electron chi connectivity index (χ4n) is 8.75. The van der Waals surface area contributed by atoms with Gasteiger partial charge in [-0.05, 0) is 92.3 Å². The summed E-state index contributed by atoms with van der Waals surface area (Å²) < 4.78 is 13.4. The lowest BCUT2D eigenvalue weighted by molar-refractivity contribution is -0.438. The van der Waals surface area contributed by atoms with Crippen molar-refractivity contribution < 1.29 is 23.6 Å². The Morgan fingerprint density at radius 1 is 0.755 bits per heavy atom. The van der Waals surface area contributed by atoms with E-state index in [9.17, 15) is 9.59 Å². The molecule has 1 unspecified atom stereocenters. The number of hydrogen-bond donors (Lipinski definition) is 0. The molecular formula is C47H57N2O4+. The first-order valence-electron chi connectivity index (χ1n) is 19.8. The van der Waals surface area contributed by atoms with Crippen molar-refractivity contribution in [2.75, 3.05) is 24.7 Å². The van der Waals surface area contributed by atoms with Gasteiger partial charge in [-0.15, -0.1) is 0 Å². The lowest BCUT2D eigenvalue weighted by Crippen LogP contribution is -2.42. The topological polar surface area (TPSA) is 58.8 Å². The molecule has 1 atom stereocenters. The van der Waals surface area contributed by atoms with Gasteiger partial charge in [-0.1, -0.05) is 94.3 Å². The van der Waals surface area contributed by atoms with Crippen molar-refractivity contribution in [3.8, 4) is 0 Å². The van der Waals surface area contributed by atoms with E-state index in [4.69, 9.17) is 9.47 Å². The van der Waals surface area contributed by atoms with Crippen LogP contribution >= 0.6 is 0 Å². The molecule has 2 heterocycles. The van der Waals surface area contributed by atoms with E-state index in [-0.39, 0.29) is 22.8 Å². The Labute approximate surface area is 316 Å². The molecule has 0 aliphatic carbocycles.